The summed E-state index contributed by atoms with van der Waals surface area (Å²) in [5.41, 5.74) is 0. The maximum atomic E-state index is 7.95. The summed E-state index contributed by atoms with van der Waals surface area (Å²) in [5, 5.41) is 7.95. The molecule has 0 aliphatic carbocycles. The molecule has 0 bridgehead atoms. The third kappa shape index (κ3) is 2.49. The van der Waals surface area contributed by atoms with Crippen molar-refractivity contribution in [1.82, 2.24) is 4.90 Å². The van der Waals surface area contributed by atoms with E-state index in [0.29, 0.717) is 6.04 Å². The lowest BCUT2D eigenvalue weighted by molar-refractivity contribution is 0.213. The maximum absolute atomic E-state index is 7.95. The zero-order chi connectivity index (χ0) is 10.6. The molecule has 1 saturated heterocycles. The molecule has 1 rings (SSSR count). The Morgan fingerprint density at radius 2 is 1.93 bits per heavy atom. The average molecular weight is 196 g/mol. The van der Waals surface area contributed by atoms with Gasteiger partial charge < -0.3 is 4.90 Å². The largest absolute Gasteiger partial charge is 0.358 e. The minimum Gasteiger partial charge on any atom is -0.358 e. The second-order valence-electron chi connectivity index (χ2n) is 4.41. The molecule has 1 atom stereocenters. The van der Waals surface area contributed by atoms with Gasteiger partial charge in [-0.3, -0.25) is 5.41 Å². The fraction of sp³-hybridized carbons (Fsp3) is 0.917. The maximum Gasteiger partial charge on any atom is 0.0960 e. The highest BCUT2D eigenvalue weighted by atomic mass is 15.2. The highest BCUT2D eigenvalue weighted by molar-refractivity contribution is 5.80. The predicted octanol–water partition coefficient (Wildman–Crippen LogP) is 3.27. The molecule has 1 aliphatic heterocycles. The van der Waals surface area contributed by atoms with Crippen molar-refractivity contribution in [1.29, 1.82) is 5.41 Å². The lowest BCUT2D eigenvalue weighted by Gasteiger charge is -2.38. The number of nitrogens with one attached hydrogen (secondary N) is 1. The van der Waals surface area contributed by atoms with Crippen LogP contribution < -0.4 is 0 Å². The summed E-state index contributed by atoms with van der Waals surface area (Å²) >= 11 is 0. The summed E-state index contributed by atoms with van der Waals surface area (Å²) in [6.45, 7) is 7.92. The topological polar surface area (TPSA) is 27.1 Å². The molecule has 2 nitrogen and oxygen atoms in total. The molecular weight excluding hydrogens is 172 g/mol. The van der Waals surface area contributed by atoms with Crippen molar-refractivity contribution in [2.45, 2.75) is 58.9 Å². The van der Waals surface area contributed by atoms with E-state index in [1.54, 1.807) is 0 Å². The van der Waals surface area contributed by atoms with Crippen LogP contribution in [0.1, 0.15) is 52.9 Å². The summed E-state index contributed by atoms with van der Waals surface area (Å²) in [6, 6.07) is 0.567. The monoisotopic (exact) mass is 196 g/mol. The Bertz CT molecular complexity index is 185. The number of rotatable bonds is 4. The molecule has 1 aliphatic rings. The van der Waals surface area contributed by atoms with Crippen LogP contribution >= 0.6 is 0 Å². The molecule has 14 heavy (non-hydrogen) atoms. The molecule has 0 amide bonds. The fourth-order valence-corrected chi connectivity index (χ4v) is 2.53. The van der Waals surface area contributed by atoms with Crippen LogP contribution in [0, 0.1) is 11.3 Å². The number of piperidine rings is 1. The van der Waals surface area contributed by atoms with Gasteiger partial charge in [-0.15, -0.1) is 0 Å². The summed E-state index contributed by atoms with van der Waals surface area (Å²) in [4.78, 5) is 2.32. The third-order valence-electron chi connectivity index (χ3n) is 3.63. The van der Waals surface area contributed by atoms with Crippen LogP contribution in [-0.2, 0) is 0 Å². The van der Waals surface area contributed by atoms with Gasteiger partial charge in [0.2, 0.25) is 0 Å². The number of hydrogen-bond donors (Lipinski definition) is 1. The normalized spacial score (nSPS) is 20.3. The molecule has 0 aromatic rings. The zero-order valence-electron chi connectivity index (χ0n) is 9.84. The molecule has 2 heteroatoms. The van der Waals surface area contributed by atoms with Crippen molar-refractivity contribution < 1.29 is 0 Å². The van der Waals surface area contributed by atoms with Crippen molar-refractivity contribution in [3.8, 4) is 0 Å². The molecule has 0 aromatic carbocycles. The quantitative estimate of drug-likeness (QED) is 0.734. The Balaban J connectivity index is 2.56. The highest BCUT2D eigenvalue weighted by Crippen LogP contribution is 2.22. The highest BCUT2D eigenvalue weighted by Gasteiger charge is 2.24. The number of nitrogens with zero attached hydrogens (tertiary/aromatic N) is 1. The van der Waals surface area contributed by atoms with Crippen LogP contribution in [0.2, 0.25) is 0 Å². The van der Waals surface area contributed by atoms with Crippen LogP contribution in [0.15, 0.2) is 0 Å². The molecule has 82 valence electrons. The molecule has 0 saturated carbocycles. The smallest absolute Gasteiger partial charge is 0.0960 e. The lowest BCUT2D eigenvalue weighted by atomic mass is 9.92. The van der Waals surface area contributed by atoms with Gasteiger partial charge in [-0.2, -0.15) is 0 Å². The summed E-state index contributed by atoms with van der Waals surface area (Å²) in [6.07, 6.45) is 5.95. The minimum atomic E-state index is 0.567. The first-order valence-electron chi connectivity index (χ1n) is 6.04. The van der Waals surface area contributed by atoms with Crippen LogP contribution in [0.5, 0.6) is 0 Å². The van der Waals surface area contributed by atoms with Crippen molar-refractivity contribution in [2.75, 3.05) is 6.54 Å². The van der Waals surface area contributed by atoms with Gasteiger partial charge >= 0.3 is 0 Å². The Kier molecular flexibility index (Phi) is 4.43. The van der Waals surface area contributed by atoms with E-state index >= 15 is 0 Å². The standard InChI is InChI=1S/C12H24N2/c1-4-11(5-2)10(3)14-9-7-6-8-12(14)13/h10-11,13H,4-9H2,1-3H3. The Hall–Kier alpha value is -0.530. The van der Waals surface area contributed by atoms with E-state index in [1.807, 2.05) is 0 Å². The van der Waals surface area contributed by atoms with Gasteiger partial charge in [0.1, 0.15) is 0 Å². The second-order valence-corrected chi connectivity index (χ2v) is 4.41. The Labute approximate surface area is 88.2 Å². The number of hydrogen-bond acceptors (Lipinski definition) is 1. The van der Waals surface area contributed by atoms with Crippen LogP contribution in [0.3, 0.4) is 0 Å². The van der Waals surface area contributed by atoms with Gasteiger partial charge in [0, 0.05) is 19.0 Å². The van der Waals surface area contributed by atoms with E-state index in [1.165, 1.54) is 25.7 Å². The average Bonchev–Trinajstić information content (AvgIpc) is 2.20. The van der Waals surface area contributed by atoms with Crippen LogP contribution in [0.25, 0.3) is 0 Å². The summed E-state index contributed by atoms with van der Waals surface area (Å²) in [5.74, 6) is 1.63. The van der Waals surface area contributed by atoms with Crippen LogP contribution in [-0.4, -0.2) is 23.3 Å². The van der Waals surface area contributed by atoms with E-state index < -0.39 is 0 Å². The van der Waals surface area contributed by atoms with Crippen LogP contribution in [0.4, 0.5) is 0 Å². The number of amidine groups is 1. The lowest BCUT2D eigenvalue weighted by Crippen LogP contribution is -2.44. The van der Waals surface area contributed by atoms with Crippen molar-refractivity contribution >= 4 is 5.84 Å². The predicted molar refractivity (Wildman–Crippen MR) is 61.8 cm³/mol. The molecule has 1 fully saturated rings. The Morgan fingerprint density at radius 3 is 2.43 bits per heavy atom. The fourth-order valence-electron chi connectivity index (χ4n) is 2.53. The van der Waals surface area contributed by atoms with E-state index in [4.69, 9.17) is 5.41 Å². The van der Waals surface area contributed by atoms with Gasteiger partial charge in [0.25, 0.3) is 0 Å². The molecule has 1 unspecified atom stereocenters. The van der Waals surface area contributed by atoms with E-state index in [2.05, 4.69) is 25.7 Å². The minimum absolute atomic E-state index is 0.567. The molecule has 1 heterocycles. The molecule has 0 aromatic heterocycles. The third-order valence-corrected chi connectivity index (χ3v) is 3.63. The summed E-state index contributed by atoms with van der Waals surface area (Å²) < 4.78 is 0. The Morgan fingerprint density at radius 1 is 1.29 bits per heavy atom. The van der Waals surface area contributed by atoms with E-state index in [-0.39, 0.29) is 0 Å². The molecule has 0 spiro atoms. The zero-order valence-corrected chi connectivity index (χ0v) is 9.84. The molecule has 1 N–H and O–H groups in total. The second kappa shape index (κ2) is 5.38. The first kappa shape index (κ1) is 11.5. The van der Waals surface area contributed by atoms with Gasteiger partial charge in [0.15, 0.2) is 0 Å². The van der Waals surface area contributed by atoms with Gasteiger partial charge in [-0.05, 0) is 25.7 Å². The van der Waals surface area contributed by atoms with Crippen molar-refractivity contribution in [2.24, 2.45) is 5.92 Å². The summed E-state index contributed by atoms with van der Waals surface area (Å²) in [7, 11) is 0. The number of likely N-dealkylation sites (tertiary alicyclic amines) is 1. The van der Waals surface area contributed by atoms with Gasteiger partial charge in [-0.25, -0.2) is 0 Å². The van der Waals surface area contributed by atoms with E-state index in [9.17, 15) is 0 Å². The SMILES string of the molecule is CCC(CC)C(C)N1CCCCC1=N. The van der Waals surface area contributed by atoms with Gasteiger partial charge in [-0.1, -0.05) is 26.7 Å². The molecular formula is C12H24N2. The van der Waals surface area contributed by atoms with Gasteiger partial charge in [0.05, 0.1) is 5.84 Å². The van der Waals surface area contributed by atoms with Crippen molar-refractivity contribution in [3.05, 3.63) is 0 Å². The van der Waals surface area contributed by atoms with E-state index in [0.717, 1.165) is 24.7 Å². The first-order chi connectivity index (χ1) is 6.70. The van der Waals surface area contributed by atoms with Crippen molar-refractivity contribution in [3.63, 3.8) is 0 Å². The molecule has 0 radical (unpaired) electrons. The first-order valence-corrected chi connectivity index (χ1v) is 6.04.